The third kappa shape index (κ3) is 5.09. The molecule has 1 amide bonds. The fourth-order valence-corrected chi connectivity index (χ4v) is 8.01. The van der Waals surface area contributed by atoms with Gasteiger partial charge in [-0.1, -0.05) is 49.3 Å². The van der Waals surface area contributed by atoms with Gasteiger partial charge in [0.2, 0.25) is 11.0 Å². The van der Waals surface area contributed by atoms with E-state index in [1.165, 1.54) is 77.6 Å². The molecule has 0 aliphatic heterocycles. The molecular formula is C24H32N6OS3. The molecule has 1 atom stereocenters. The monoisotopic (exact) mass is 516 g/mol. The van der Waals surface area contributed by atoms with Crippen molar-refractivity contribution in [2.45, 2.75) is 89.3 Å². The van der Waals surface area contributed by atoms with E-state index >= 15 is 0 Å². The second-order valence-electron chi connectivity index (χ2n) is 9.79. The van der Waals surface area contributed by atoms with Gasteiger partial charge in [0.1, 0.15) is 5.01 Å². The maximum atomic E-state index is 12.7. The van der Waals surface area contributed by atoms with Crippen molar-refractivity contribution in [1.29, 1.82) is 0 Å². The zero-order valence-corrected chi connectivity index (χ0v) is 22.5. The van der Waals surface area contributed by atoms with Crippen LogP contribution in [-0.2, 0) is 17.6 Å². The highest BCUT2D eigenvalue weighted by atomic mass is 32.2. The SMILES string of the molecule is CC1CCc2c(-c3nnc(SCC(=O)Nc4nnc(C5CCCCC5)s4)n3C(C)C)csc2C1. The summed E-state index contributed by atoms with van der Waals surface area (Å²) in [6, 6.07) is 0.204. The Morgan fingerprint density at radius 2 is 2.00 bits per heavy atom. The molecule has 0 spiro atoms. The quantitative estimate of drug-likeness (QED) is 0.369. The summed E-state index contributed by atoms with van der Waals surface area (Å²) < 4.78 is 2.17. The Balaban J connectivity index is 1.25. The van der Waals surface area contributed by atoms with Gasteiger partial charge in [0, 0.05) is 27.8 Å². The molecule has 1 fully saturated rings. The van der Waals surface area contributed by atoms with Crippen LogP contribution in [0.2, 0.25) is 0 Å². The number of thioether (sulfide) groups is 1. The van der Waals surface area contributed by atoms with E-state index in [9.17, 15) is 4.79 Å². The van der Waals surface area contributed by atoms with Gasteiger partial charge in [-0.05, 0) is 57.4 Å². The van der Waals surface area contributed by atoms with Crippen LogP contribution < -0.4 is 5.32 Å². The van der Waals surface area contributed by atoms with Crippen molar-refractivity contribution in [2.75, 3.05) is 11.1 Å². The number of anilines is 1. The van der Waals surface area contributed by atoms with Crippen LogP contribution in [0.4, 0.5) is 5.13 Å². The zero-order chi connectivity index (χ0) is 23.7. The minimum atomic E-state index is -0.0851. The van der Waals surface area contributed by atoms with Gasteiger partial charge < -0.3 is 0 Å². The van der Waals surface area contributed by atoms with Crippen LogP contribution >= 0.6 is 34.4 Å². The lowest BCUT2D eigenvalue weighted by molar-refractivity contribution is -0.113. The topological polar surface area (TPSA) is 85.6 Å². The molecule has 3 aromatic heterocycles. The molecule has 2 aliphatic rings. The molecule has 182 valence electrons. The average molecular weight is 517 g/mol. The van der Waals surface area contributed by atoms with Crippen LogP contribution in [0.3, 0.4) is 0 Å². The second-order valence-corrected chi connectivity index (χ2v) is 12.7. The first-order valence-corrected chi connectivity index (χ1v) is 15.0. The number of rotatable bonds is 7. The molecule has 3 aromatic rings. The number of aromatic nitrogens is 5. The van der Waals surface area contributed by atoms with Crippen molar-refractivity contribution in [3.8, 4) is 11.4 Å². The van der Waals surface area contributed by atoms with E-state index in [4.69, 9.17) is 0 Å². The number of nitrogens with one attached hydrogen (secondary N) is 1. The Bertz CT molecular complexity index is 1140. The van der Waals surface area contributed by atoms with Crippen LogP contribution in [0.5, 0.6) is 0 Å². The summed E-state index contributed by atoms with van der Waals surface area (Å²) in [6.45, 7) is 6.62. The predicted octanol–water partition coefficient (Wildman–Crippen LogP) is 6.34. The molecule has 7 nitrogen and oxygen atoms in total. The largest absolute Gasteiger partial charge is 0.300 e. The van der Waals surface area contributed by atoms with Crippen LogP contribution in [0.1, 0.15) is 86.7 Å². The van der Waals surface area contributed by atoms with Crippen molar-refractivity contribution >= 4 is 45.5 Å². The Labute approximate surface area is 213 Å². The Morgan fingerprint density at radius 1 is 1.18 bits per heavy atom. The van der Waals surface area contributed by atoms with Gasteiger partial charge in [-0.25, -0.2) is 0 Å². The van der Waals surface area contributed by atoms with Crippen molar-refractivity contribution < 1.29 is 4.79 Å². The van der Waals surface area contributed by atoms with E-state index in [-0.39, 0.29) is 17.7 Å². The van der Waals surface area contributed by atoms with Crippen molar-refractivity contribution in [1.82, 2.24) is 25.0 Å². The number of fused-ring (bicyclic) bond motifs is 1. The van der Waals surface area contributed by atoms with Crippen molar-refractivity contribution in [3.05, 3.63) is 20.8 Å². The minimum absolute atomic E-state index is 0.0851. The average Bonchev–Trinajstić information content (AvgIpc) is 3.56. The van der Waals surface area contributed by atoms with Crippen LogP contribution in [0.15, 0.2) is 10.5 Å². The van der Waals surface area contributed by atoms with Crippen molar-refractivity contribution in [2.24, 2.45) is 5.92 Å². The smallest absolute Gasteiger partial charge is 0.236 e. The van der Waals surface area contributed by atoms with Gasteiger partial charge in [0.05, 0.1) is 5.75 Å². The van der Waals surface area contributed by atoms with Gasteiger partial charge in [0.25, 0.3) is 0 Å². The summed E-state index contributed by atoms with van der Waals surface area (Å²) >= 11 is 4.80. The first-order valence-electron chi connectivity index (χ1n) is 12.3. The lowest BCUT2D eigenvalue weighted by atomic mass is 9.88. The molecular weight excluding hydrogens is 485 g/mol. The number of nitrogens with zero attached hydrogens (tertiary/aromatic N) is 5. The summed E-state index contributed by atoms with van der Waals surface area (Å²) in [5.74, 6) is 2.35. The third-order valence-electron chi connectivity index (χ3n) is 6.80. The van der Waals surface area contributed by atoms with E-state index in [0.717, 1.165) is 34.7 Å². The van der Waals surface area contributed by atoms with E-state index < -0.39 is 0 Å². The summed E-state index contributed by atoms with van der Waals surface area (Å²) in [5, 5.41) is 25.2. The second kappa shape index (κ2) is 10.5. The fourth-order valence-electron chi connectivity index (χ4n) is 4.97. The number of amides is 1. The lowest BCUT2D eigenvalue weighted by Crippen LogP contribution is -2.15. The van der Waals surface area contributed by atoms with Crippen LogP contribution in [0, 0.1) is 5.92 Å². The molecule has 0 radical (unpaired) electrons. The number of carbonyl (C=O) groups is 1. The lowest BCUT2D eigenvalue weighted by Gasteiger charge is -2.19. The molecule has 0 bridgehead atoms. The molecule has 10 heteroatoms. The van der Waals surface area contributed by atoms with E-state index in [0.29, 0.717) is 11.0 Å². The van der Waals surface area contributed by atoms with Gasteiger partial charge in [-0.3, -0.25) is 14.7 Å². The van der Waals surface area contributed by atoms with E-state index in [1.807, 2.05) is 11.3 Å². The van der Waals surface area contributed by atoms with Gasteiger partial charge >= 0.3 is 0 Å². The molecule has 3 heterocycles. The standard InChI is InChI=1S/C24H32N6OS3/c1-14(2)30-21(18-12-32-19-11-15(3)9-10-17(18)19)26-29-24(30)33-13-20(31)25-23-28-27-22(34-23)16-7-5-4-6-8-16/h12,14-16H,4-11,13H2,1-3H3,(H,25,28,31). The fraction of sp³-hybridized carbons (Fsp3) is 0.625. The summed E-state index contributed by atoms with van der Waals surface area (Å²) in [6.07, 6.45) is 9.68. The van der Waals surface area contributed by atoms with E-state index in [1.54, 1.807) is 0 Å². The molecule has 0 aromatic carbocycles. The maximum absolute atomic E-state index is 12.7. The molecule has 1 unspecified atom stereocenters. The molecule has 1 saturated carbocycles. The number of hydrogen-bond acceptors (Lipinski definition) is 8. The Kier molecular flexibility index (Phi) is 7.36. The Morgan fingerprint density at radius 3 is 2.79 bits per heavy atom. The van der Waals surface area contributed by atoms with Crippen LogP contribution in [-0.4, -0.2) is 36.6 Å². The van der Waals surface area contributed by atoms with E-state index in [2.05, 4.69) is 56.4 Å². The first kappa shape index (κ1) is 23.9. The maximum Gasteiger partial charge on any atom is 0.236 e. The minimum Gasteiger partial charge on any atom is -0.300 e. The first-order chi connectivity index (χ1) is 16.5. The molecule has 1 N–H and O–H groups in total. The zero-order valence-electron chi connectivity index (χ0n) is 20.0. The van der Waals surface area contributed by atoms with Gasteiger partial charge in [-0.2, -0.15) is 0 Å². The molecule has 5 rings (SSSR count). The highest BCUT2D eigenvalue weighted by Crippen LogP contribution is 2.39. The summed E-state index contributed by atoms with van der Waals surface area (Å²) in [5.41, 5.74) is 2.66. The molecule has 34 heavy (non-hydrogen) atoms. The van der Waals surface area contributed by atoms with Gasteiger partial charge in [-0.15, -0.1) is 31.7 Å². The van der Waals surface area contributed by atoms with Gasteiger partial charge in [0.15, 0.2) is 11.0 Å². The summed E-state index contributed by atoms with van der Waals surface area (Å²) in [4.78, 5) is 14.2. The number of hydrogen-bond donors (Lipinski definition) is 1. The van der Waals surface area contributed by atoms with Crippen molar-refractivity contribution in [3.63, 3.8) is 0 Å². The highest BCUT2D eigenvalue weighted by Gasteiger charge is 2.26. The number of thiophene rings is 1. The third-order valence-corrected chi connectivity index (χ3v) is 9.79. The molecule has 2 aliphatic carbocycles. The van der Waals surface area contributed by atoms with Crippen LogP contribution in [0.25, 0.3) is 11.4 Å². The molecule has 0 saturated heterocycles. The number of carbonyl (C=O) groups excluding carboxylic acids is 1. The normalized spacial score (nSPS) is 18.9. The highest BCUT2D eigenvalue weighted by molar-refractivity contribution is 7.99. The summed E-state index contributed by atoms with van der Waals surface area (Å²) in [7, 11) is 0. The Hall–Kier alpha value is -1.78. The predicted molar refractivity (Wildman–Crippen MR) is 140 cm³/mol.